The quantitative estimate of drug-likeness (QED) is 0.602. The lowest BCUT2D eigenvalue weighted by molar-refractivity contribution is 0.0696. The van der Waals surface area contributed by atoms with E-state index in [-0.39, 0.29) is 33.0 Å². The number of carboxylic acids is 1. The molecule has 1 unspecified atom stereocenters. The summed E-state index contributed by atoms with van der Waals surface area (Å²) in [5, 5.41) is 12.9. The van der Waals surface area contributed by atoms with Crippen molar-refractivity contribution in [2.24, 2.45) is 11.7 Å². The van der Waals surface area contributed by atoms with E-state index in [2.05, 4.69) is 5.32 Å². The van der Waals surface area contributed by atoms with Crippen molar-refractivity contribution in [3.05, 3.63) is 87.2 Å². The number of carbonyl (C=O) groups excluding carboxylic acids is 1. The van der Waals surface area contributed by atoms with Crippen molar-refractivity contribution in [3.8, 4) is 0 Å². The highest BCUT2D eigenvalue weighted by atomic mass is 35.5. The Balaban J connectivity index is 1.95. The van der Waals surface area contributed by atoms with Gasteiger partial charge in [-0.15, -0.1) is 0 Å². The number of nitrogens with two attached hydrogens (primary N) is 1. The number of nitrogens with one attached hydrogen (secondary N) is 1. The topological polar surface area (TPSA) is 95.7 Å². The molecular weight excluding hydrogens is 425 g/mol. The third-order valence-electron chi connectivity index (χ3n) is 4.90. The Hall–Kier alpha value is -2.80. The molecule has 2 aromatic carbocycles. The van der Waals surface area contributed by atoms with Gasteiger partial charge >= 0.3 is 5.97 Å². The number of amides is 1. The van der Waals surface area contributed by atoms with Crippen LogP contribution in [0.15, 0.2) is 66.0 Å². The zero-order valence-corrected chi connectivity index (χ0v) is 17.7. The molecule has 1 amide bonds. The fraction of sp³-hybridized carbons (Fsp3) is 0.182. The first-order valence-electron chi connectivity index (χ1n) is 9.25. The van der Waals surface area contributed by atoms with Crippen LogP contribution in [0, 0.1) is 5.92 Å². The summed E-state index contributed by atoms with van der Waals surface area (Å²) in [7, 11) is 1.67. The fourth-order valence-corrected chi connectivity index (χ4v) is 3.75. The minimum atomic E-state index is -0.994. The van der Waals surface area contributed by atoms with Crippen LogP contribution in [0.2, 0.25) is 10.0 Å². The minimum Gasteiger partial charge on any atom is -0.478 e. The number of carboxylic acid groups (broad SMARTS) is 1. The summed E-state index contributed by atoms with van der Waals surface area (Å²) >= 11 is 12.4. The van der Waals surface area contributed by atoms with Gasteiger partial charge in [0.15, 0.2) is 0 Å². The number of nitrogens with zero attached hydrogens (tertiary/aromatic N) is 1. The van der Waals surface area contributed by atoms with Gasteiger partial charge in [0.25, 0.3) is 5.91 Å². The van der Waals surface area contributed by atoms with E-state index < -0.39 is 5.97 Å². The largest absolute Gasteiger partial charge is 0.478 e. The Bertz CT molecular complexity index is 1010. The summed E-state index contributed by atoms with van der Waals surface area (Å²) < 4.78 is 0. The Morgan fingerprint density at radius 2 is 1.80 bits per heavy atom. The van der Waals surface area contributed by atoms with Gasteiger partial charge in [0.1, 0.15) is 0 Å². The van der Waals surface area contributed by atoms with Crippen LogP contribution in [0.1, 0.15) is 27.1 Å². The monoisotopic (exact) mass is 445 g/mol. The third-order valence-corrected chi connectivity index (χ3v) is 5.53. The number of rotatable bonds is 6. The van der Waals surface area contributed by atoms with Crippen molar-refractivity contribution in [1.82, 2.24) is 4.90 Å². The zero-order valence-electron chi connectivity index (χ0n) is 16.2. The van der Waals surface area contributed by atoms with E-state index >= 15 is 0 Å². The maximum Gasteiger partial charge on any atom is 0.335 e. The molecule has 0 heterocycles. The molecule has 4 N–H and O–H groups in total. The standard InChI is InChI=1S/C22H21Cl2N3O3/c1-27(21(28)20-16(23)3-2-4-17(20)24)19-11-13(12-25)5-10-18(19)26-15-8-6-14(7-9-15)22(29)30/h2-10,13,26H,11-12,25H2,1H3,(H,29,30). The Kier molecular flexibility index (Phi) is 6.82. The van der Waals surface area contributed by atoms with Crippen molar-refractivity contribution in [2.45, 2.75) is 6.42 Å². The van der Waals surface area contributed by atoms with Crippen molar-refractivity contribution < 1.29 is 14.7 Å². The minimum absolute atomic E-state index is 0.0805. The number of hydrogen-bond acceptors (Lipinski definition) is 4. The molecule has 0 bridgehead atoms. The number of halogens is 2. The van der Waals surface area contributed by atoms with E-state index in [1.165, 1.54) is 17.0 Å². The van der Waals surface area contributed by atoms with Crippen LogP contribution < -0.4 is 11.1 Å². The average molecular weight is 446 g/mol. The van der Waals surface area contributed by atoms with Crippen LogP contribution in [-0.2, 0) is 0 Å². The smallest absolute Gasteiger partial charge is 0.335 e. The lowest BCUT2D eigenvalue weighted by atomic mass is 9.95. The summed E-state index contributed by atoms with van der Waals surface area (Å²) in [6.45, 7) is 0.440. The lowest BCUT2D eigenvalue weighted by Gasteiger charge is -2.29. The van der Waals surface area contributed by atoms with E-state index in [1.807, 2.05) is 12.2 Å². The van der Waals surface area contributed by atoms with Crippen LogP contribution in [0.25, 0.3) is 0 Å². The third kappa shape index (κ3) is 4.67. The van der Waals surface area contributed by atoms with E-state index in [0.29, 0.717) is 24.4 Å². The van der Waals surface area contributed by atoms with Gasteiger partial charge < -0.3 is 21.1 Å². The first-order valence-corrected chi connectivity index (χ1v) is 10.0. The van der Waals surface area contributed by atoms with Crippen LogP contribution in [-0.4, -0.2) is 35.5 Å². The number of anilines is 1. The molecule has 0 fully saturated rings. The molecule has 1 aliphatic rings. The van der Waals surface area contributed by atoms with Gasteiger partial charge in [-0.2, -0.15) is 0 Å². The molecular formula is C22H21Cl2N3O3. The number of aromatic carboxylic acids is 1. The fourth-order valence-electron chi connectivity index (χ4n) is 3.19. The Labute approximate surface area is 184 Å². The second-order valence-electron chi connectivity index (χ2n) is 6.89. The van der Waals surface area contributed by atoms with Gasteiger partial charge in [-0.1, -0.05) is 35.3 Å². The van der Waals surface area contributed by atoms with E-state index in [1.54, 1.807) is 37.4 Å². The first-order chi connectivity index (χ1) is 14.3. The second kappa shape index (κ2) is 9.34. The van der Waals surface area contributed by atoms with Gasteiger partial charge in [-0.3, -0.25) is 4.79 Å². The SMILES string of the molecule is CN(C(=O)c1c(Cl)cccc1Cl)C1=C(Nc2ccc(C(=O)O)cc2)C=CC(CN)C1. The zero-order chi connectivity index (χ0) is 21.8. The molecule has 0 spiro atoms. The first kappa shape index (κ1) is 21.9. The Morgan fingerprint density at radius 1 is 1.17 bits per heavy atom. The molecule has 2 aromatic rings. The molecule has 30 heavy (non-hydrogen) atoms. The predicted molar refractivity (Wildman–Crippen MR) is 119 cm³/mol. The summed E-state index contributed by atoms with van der Waals surface area (Å²) in [4.78, 5) is 25.8. The Morgan fingerprint density at radius 3 is 2.37 bits per heavy atom. The summed E-state index contributed by atoms with van der Waals surface area (Å²) in [6, 6.07) is 11.3. The number of allylic oxidation sites excluding steroid dienone is 2. The van der Waals surface area contributed by atoms with Crippen LogP contribution >= 0.6 is 23.2 Å². The van der Waals surface area contributed by atoms with E-state index in [0.717, 1.165) is 5.70 Å². The summed E-state index contributed by atoms with van der Waals surface area (Å²) in [5.41, 5.74) is 8.41. The summed E-state index contributed by atoms with van der Waals surface area (Å²) in [6.07, 6.45) is 4.41. The van der Waals surface area contributed by atoms with E-state index in [9.17, 15) is 9.59 Å². The van der Waals surface area contributed by atoms with Crippen molar-refractivity contribution >= 4 is 40.8 Å². The van der Waals surface area contributed by atoms with Crippen LogP contribution in [0.3, 0.4) is 0 Å². The van der Waals surface area contributed by atoms with Gasteiger partial charge in [-0.05, 0) is 61.4 Å². The van der Waals surface area contributed by atoms with Crippen molar-refractivity contribution in [2.75, 3.05) is 18.9 Å². The average Bonchev–Trinajstić information content (AvgIpc) is 2.73. The maximum atomic E-state index is 13.2. The molecule has 156 valence electrons. The predicted octanol–water partition coefficient (Wildman–Crippen LogP) is 4.62. The highest BCUT2D eigenvalue weighted by molar-refractivity contribution is 6.39. The highest BCUT2D eigenvalue weighted by Gasteiger charge is 2.26. The molecule has 8 heteroatoms. The summed E-state index contributed by atoms with van der Waals surface area (Å²) in [5.74, 6) is -1.24. The second-order valence-corrected chi connectivity index (χ2v) is 7.70. The van der Waals surface area contributed by atoms with E-state index in [4.69, 9.17) is 34.0 Å². The van der Waals surface area contributed by atoms with Gasteiger partial charge in [0.2, 0.25) is 0 Å². The molecule has 0 aromatic heterocycles. The van der Waals surface area contributed by atoms with Crippen molar-refractivity contribution in [3.63, 3.8) is 0 Å². The van der Waals surface area contributed by atoms with Gasteiger partial charge in [0.05, 0.1) is 26.9 Å². The molecule has 0 saturated carbocycles. The van der Waals surface area contributed by atoms with Crippen molar-refractivity contribution in [1.29, 1.82) is 0 Å². The molecule has 6 nitrogen and oxygen atoms in total. The number of carbonyl (C=O) groups is 2. The molecule has 0 saturated heterocycles. The number of benzene rings is 2. The molecule has 0 radical (unpaired) electrons. The number of hydrogen-bond donors (Lipinski definition) is 3. The normalized spacial score (nSPS) is 15.8. The van der Waals surface area contributed by atoms with Gasteiger partial charge in [-0.25, -0.2) is 4.79 Å². The lowest BCUT2D eigenvalue weighted by Crippen LogP contribution is -2.32. The van der Waals surface area contributed by atoms with Gasteiger partial charge in [0, 0.05) is 18.4 Å². The molecule has 1 atom stereocenters. The van der Waals surface area contributed by atoms with Crippen LogP contribution in [0.4, 0.5) is 5.69 Å². The molecule has 0 aliphatic heterocycles. The maximum absolute atomic E-state index is 13.2. The van der Waals surface area contributed by atoms with Crippen LogP contribution in [0.5, 0.6) is 0 Å². The molecule has 3 rings (SSSR count). The molecule has 1 aliphatic carbocycles. The highest BCUT2D eigenvalue weighted by Crippen LogP contribution is 2.31.